The highest BCUT2D eigenvalue weighted by Gasteiger charge is 2.37. The van der Waals surface area contributed by atoms with E-state index in [0.717, 1.165) is 30.7 Å². The van der Waals surface area contributed by atoms with Crippen LogP contribution in [0.5, 0.6) is 0 Å². The molecule has 1 N–H and O–H groups in total. The van der Waals surface area contributed by atoms with Gasteiger partial charge in [0.05, 0.1) is 18.9 Å². The smallest absolute Gasteiger partial charge is 0.172 e. The molecular formula is C26H30N2O2. The number of allylic oxidation sites excluding steroid dienone is 1. The van der Waals surface area contributed by atoms with E-state index < -0.39 is 0 Å². The summed E-state index contributed by atoms with van der Waals surface area (Å²) in [7, 11) is 0. The first-order valence-electron chi connectivity index (χ1n) is 11.0. The van der Waals surface area contributed by atoms with E-state index in [1.807, 2.05) is 0 Å². The molecule has 5 rings (SSSR count). The first-order valence-corrected chi connectivity index (χ1v) is 11.0. The minimum Gasteiger partial charge on any atom is -0.354 e. The number of hydrogen-bond acceptors (Lipinski definition) is 3. The summed E-state index contributed by atoms with van der Waals surface area (Å²) in [5, 5.41) is 1.32. The Bertz CT molecular complexity index is 1110. The van der Waals surface area contributed by atoms with Crippen molar-refractivity contribution in [3.8, 4) is 11.3 Å². The highest BCUT2D eigenvalue weighted by molar-refractivity contribution is 5.93. The third kappa shape index (κ3) is 3.38. The molecule has 1 spiro atoms. The number of hydrogen-bond donors (Lipinski definition) is 1. The molecular weight excluding hydrogens is 372 g/mol. The summed E-state index contributed by atoms with van der Waals surface area (Å²) in [6.45, 7) is 10.1. The Morgan fingerprint density at radius 1 is 1.00 bits per heavy atom. The molecule has 1 saturated heterocycles. The molecule has 3 aromatic rings. The van der Waals surface area contributed by atoms with Crippen LogP contribution in [0.3, 0.4) is 0 Å². The maximum absolute atomic E-state index is 5.88. The van der Waals surface area contributed by atoms with Crippen LogP contribution in [0.15, 0.2) is 36.4 Å². The first kappa shape index (κ1) is 19.5. The van der Waals surface area contributed by atoms with Crippen molar-refractivity contribution in [3.63, 3.8) is 0 Å². The summed E-state index contributed by atoms with van der Waals surface area (Å²) >= 11 is 0. The Kier molecular flexibility index (Phi) is 4.79. The van der Waals surface area contributed by atoms with E-state index in [9.17, 15) is 0 Å². The maximum Gasteiger partial charge on any atom is 0.172 e. The summed E-state index contributed by atoms with van der Waals surface area (Å²) in [5.41, 5.74) is 9.82. The van der Waals surface area contributed by atoms with Crippen LogP contribution in [0.1, 0.15) is 61.5 Å². The number of benzene rings is 1. The molecule has 0 unspecified atom stereocenters. The normalized spacial score (nSPS) is 18.5. The quantitative estimate of drug-likeness (QED) is 0.561. The van der Waals surface area contributed by atoms with Gasteiger partial charge in [0.25, 0.3) is 0 Å². The van der Waals surface area contributed by atoms with Crippen LogP contribution in [0, 0.1) is 13.8 Å². The number of aryl methyl sites for hydroxylation is 2. The number of rotatable bonds is 3. The molecule has 2 aliphatic rings. The van der Waals surface area contributed by atoms with E-state index in [0.29, 0.717) is 19.1 Å². The van der Waals surface area contributed by atoms with Crippen molar-refractivity contribution in [1.82, 2.24) is 9.97 Å². The van der Waals surface area contributed by atoms with Gasteiger partial charge in [0.15, 0.2) is 5.79 Å². The van der Waals surface area contributed by atoms with Gasteiger partial charge in [-0.25, -0.2) is 0 Å². The number of pyridine rings is 1. The van der Waals surface area contributed by atoms with Gasteiger partial charge in [-0.3, -0.25) is 4.98 Å². The van der Waals surface area contributed by atoms with Crippen molar-refractivity contribution in [3.05, 3.63) is 58.9 Å². The van der Waals surface area contributed by atoms with Gasteiger partial charge in [-0.2, -0.15) is 0 Å². The van der Waals surface area contributed by atoms with E-state index in [1.165, 1.54) is 38.9 Å². The zero-order chi connectivity index (χ0) is 20.9. The molecule has 0 bridgehead atoms. The zero-order valence-corrected chi connectivity index (χ0v) is 18.3. The van der Waals surface area contributed by atoms with Crippen molar-refractivity contribution < 1.29 is 9.47 Å². The Labute approximate surface area is 178 Å². The molecule has 3 heterocycles. The monoisotopic (exact) mass is 402 g/mol. The number of nitrogens with one attached hydrogen (secondary N) is 1. The lowest BCUT2D eigenvalue weighted by Gasteiger charge is -2.30. The Morgan fingerprint density at radius 2 is 1.73 bits per heavy atom. The molecule has 2 aromatic heterocycles. The van der Waals surface area contributed by atoms with Crippen molar-refractivity contribution in [2.24, 2.45) is 0 Å². The van der Waals surface area contributed by atoms with Crippen LogP contribution < -0.4 is 0 Å². The highest BCUT2D eigenvalue weighted by atomic mass is 16.7. The lowest BCUT2D eigenvalue weighted by Crippen LogP contribution is -2.31. The Morgan fingerprint density at radius 3 is 2.37 bits per heavy atom. The molecule has 30 heavy (non-hydrogen) atoms. The molecule has 0 amide bonds. The van der Waals surface area contributed by atoms with Crippen LogP contribution in [0.4, 0.5) is 0 Å². The molecule has 0 saturated carbocycles. The maximum atomic E-state index is 5.88. The minimum atomic E-state index is -0.366. The van der Waals surface area contributed by atoms with Crippen LogP contribution >= 0.6 is 0 Å². The number of aromatic nitrogens is 2. The number of fused-ring (bicyclic) bond motifs is 1. The van der Waals surface area contributed by atoms with Gasteiger partial charge in [-0.05, 0) is 67.2 Å². The zero-order valence-electron chi connectivity index (χ0n) is 18.3. The largest absolute Gasteiger partial charge is 0.354 e. The third-order valence-electron chi connectivity index (χ3n) is 6.41. The summed E-state index contributed by atoms with van der Waals surface area (Å²) in [4.78, 5) is 8.25. The third-order valence-corrected chi connectivity index (χ3v) is 6.41. The van der Waals surface area contributed by atoms with E-state index in [1.54, 1.807) is 0 Å². The van der Waals surface area contributed by atoms with E-state index >= 15 is 0 Å². The highest BCUT2D eigenvalue weighted by Crippen LogP contribution is 2.41. The van der Waals surface area contributed by atoms with Gasteiger partial charge in [-0.1, -0.05) is 26.0 Å². The molecule has 1 aliphatic carbocycles. The lowest BCUT2D eigenvalue weighted by atomic mass is 9.88. The van der Waals surface area contributed by atoms with Crippen molar-refractivity contribution in [1.29, 1.82) is 0 Å². The summed E-state index contributed by atoms with van der Waals surface area (Å²) in [6, 6.07) is 11.2. The van der Waals surface area contributed by atoms with Gasteiger partial charge in [0, 0.05) is 40.7 Å². The Hall–Kier alpha value is -2.43. The van der Waals surface area contributed by atoms with Crippen molar-refractivity contribution in [2.45, 2.75) is 58.7 Å². The fourth-order valence-electron chi connectivity index (χ4n) is 5.05. The summed E-state index contributed by atoms with van der Waals surface area (Å²) in [6.07, 6.45) is 5.07. The van der Waals surface area contributed by atoms with Crippen LogP contribution in [-0.4, -0.2) is 29.0 Å². The number of ether oxygens (including phenoxy) is 2. The predicted octanol–water partition coefficient (Wildman–Crippen LogP) is 6.28. The number of aromatic amines is 1. The van der Waals surface area contributed by atoms with Crippen molar-refractivity contribution >= 4 is 16.5 Å². The fourth-order valence-corrected chi connectivity index (χ4v) is 5.05. The van der Waals surface area contributed by atoms with Crippen LogP contribution in [-0.2, 0) is 9.47 Å². The molecule has 4 nitrogen and oxygen atoms in total. The fraction of sp³-hybridized carbons (Fsp3) is 0.423. The van der Waals surface area contributed by atoms with Gasteiger partial charge < -0.3 is 14.5 Å². The first-order chi connectivity index (χ1) is 14.4. The Balaban J connectivity index is 1.57. The second kappa shape index (κ2) is 7.36. The second-order valence-corrected chi connectivity index (χ2v) is 9.01. The van der Waals surface area contributed by atoms with Gasteiger partial charge in [-0.15, -0.1) is 0 Å². The lowest BCUT2D eigenvalue weighted by molar-refractivity contribution is -0.159. The number of nitrogens with zero attached hydrogens (tertiary/aromatic N) is 1. The molecule has 1 aromatic carbocycles. The SMILES string of the molecule is Cc1cc(-c2[nH]c3ccc(C4=CCC5(CC4)OCCO5)cc3c2C(C)C)cc(C)n1. The van der Waals surface area contributed by atoms with Crippen LogP contribution in [0.2, 0.25) is 0 Å². The van der Waals surface area contributed by atoms with Gasteiger partial charge in [0.1, 0.15) is 0 Å². The minimum absolute atomic E-state index is 0.366. The molecule has 156 valence electrons. The molecule has 1 aliphatic heterocycles. The topological polar surface area (TPSA) is 47.1 Å². The number of H-pyrrole nitrogens is 1. The standard InChI is InChI=1S/C26H30N2O2/c1-16(2)24-22-15-20(19-7-9-26(10-8-19)29-11-12-30-26)5-6-23(22)28-25(24)21-13-17(3)27-18(4)14-21/h5-7,13-16,28H,8-12H2,1-4H3. The molecule has 0 radical (unpaired) electrons. The van der Waals surface area contributed by atoms with E-state index in [2.05, 4.69) is 74.1 Å². The van der Waals surface area contributed by atoms with E-state index in [4.69, 9.17) is 9.47 Å². The van der Waals surface area contributed by atoms with Crippen LogP contribution in [0.25, 0.3) is 27.7 Å². The second-order valence-electron chi connectivity index (χ2n) is 9.01. The predicted molar refractivity (Wildman–Crippen MR) is 122 cm³/mol. The average Bonchev–Trinajstić information content (AvgIpc) is 3.32. The van der Waals surface area contributed by atoms with E-state index in [-0.39, 0.29) is 5.79 Å². The molecule has 4 heteroatoms. The summed E-state index contributed by atoms with van der Waals surface area (Å²) in [5.74, 6) is 0.0522. The molecule has 1 fully saturated rings. The summed E-state index contributed by atoms with van der Waals surface area (Å²) < 4.78 is 11.8. The molecule has 0 atom stereocenters. The van der Waals surface area contributed by atoms with Gasteiger partial charge >= 0.3 is 0 Å². The van der Waals surface area contributed by atoms with Gasteiger partial charge in [0.2, 0.25) is 0 Å². The average molecular weight is 403 g/mol. The van der Waals surface area contributed by atoms with Crippen molar-refractivity contribution in [2.75, 3.05) is 13.2 Å².